The highest BCUT2D eigenvalue weighted by atomic mass is 15.4. The Morgan fingerprint density at radius 2 is 1.85 bits per heavy atom. The Labute approximate surface area is 122 Å². The molecule has 0 unspecified atom stereocenters. The summed E-state index contributed by atoms with van der Waals surface area (Å²) in [5, 5.41) is 11.9. The van der Waals surface area contributed by atoms with Crippen molar-refractivity contribution in [3.8, 4) is 0 Å². The van der Waals surface area contributed by atoms with Gasteiger partial charge in [0, 0.05) is 51.0 Å². The lowest BCUT2D eigenvalue weighted by Crippen LogP contribution is -2.45. The van der Waals surface area contributed by atoms with Crippen LogP contribution in [0.5, 0.6) is 0 Å². The fourth-order valence-corrected chi connectivity index (χ4v) is 2.20. The normalized spacial score (nSPS) is 18.6. The predicted molar refractivity (Wildman–Crippen MR) is 80.6 cm³/mol. The van der Waals surface area contributed by atoms with Crippen LogP contribution in [0.15, 0.2) is 6.20 Å². The molecule has 1 aliphatic rings. The van der Waals surface area contributed by atoms with Gasteiger partial charge in [-0.25, -0.2) is 0 Å². The maximum atomic E-state index is 4.22. The first-order valence-electron chi connectivity index (χ1n) is 7.47. The van der Waals surface area contributed by atoms with Crippen molar-refractivity contribution < 1.29 is 0 Å². The van der Waals surface area contributed by atoms with E-state index in [2.05, 4.69) is 59.4 Å². The Kier molecular flexibility index (Phi) is 5.12. The molecule has 1 saturated heterocycles. The van der Waals surface area contributed by atoms with Crippen LogP contribution in [0.1, 0.15) is 26.5 Å². The summed E-state index contributed by atoms with van der Waals surface area (Å²) in [6, 6.07) is 0. The molecular formula is C14H28N6. The van der Waals surface area contributed by atoms with E-state index in [-0.39, 0.29) is 5.54 Å². The molecule has 1 N–H and O–H groups in total. The Hall–Kier alpha value is -0.980. The number of rotatable bonds is 5. The Morgan fingerprint density at radius 1 is 1.15 bits per heavy atom. The van der Waals surface area contributed by atoms with Crippen LogP contribution in [0.4, 0.5) is 0 Å². The Balaban J connectivity index is 1.72. The lowest BCUT2D eigenvalue weighted by molar-refractivity contribution is 0.148. The van der Waals surface area contributed by atoms with Crippen LogP contribution in [0, 0.1) is 0 Å². The van der Waals surface area contributed by atoms with E-state index in [1.165, 1.54) is 0 Å². The molecule has 0 amide bonds. The second-order valence-corrected chi connectivity index (χ2v) is 6.72. The minimum atomic E-state index is 0.115. The van der Waals surface area contributed by atoms with E-state index in [9.17, 15) is 0 Å². The van der Waals surface area contributed by atoms with Gasteiger partial charge in [0.1, 0.15) is 0 Å². The summed E-state index contributed by atoms with van der Waals surface area (Å²) < 4.78 is 1.96. The van der Waals surface area contributed by atoms with Crippen LogP contribution in [0.25, 0.3) is 0 Å². The van der Waals surface area contributed by atoms with Crippen LogP contribution < -0.4 is 5.32 Å². The van der Waals surface area contributed by atoms with Gasteiger partial charge in [-0.2, -0.15) is 0 Å². The minimum Gasteiger partial charge on any atom is -0.306 e. The van der Waals surface area contributed by atoms with E-state index in [1.807, 2.05) is 4.68 Å². The Morgan fingerprint density at radius 3 is 2.50 bits per heavy atom. The maximum Gasteiger partial charge on any atom is 0.0965 e. The highest BCUT2D eigenvalue weighted by molar-refractivity contribution is 4.93. The molecule has 114 valence electrons. The molecule has 6 heteroatoms. The third kappa shape index (κ3) is 5.19. The largest absolute Gasteiger partial charge is 0.306 e. The fourth-order valence-electron chi connectivity index (χ4n) is 2.20. The first-order chi connectivity index (χ1) is 9.42. The van der Waals surface area contributed by atoms with Crippen molar-refractivity contribution in [3.05, 3.63) is 11.9 Å². The van der Waals surface area contributed by atoms with E-state index in [0.717, 1.165) is 51.5 Å². The van der Waals surface area contributed by atoms with Crippen molar-refractivity contribution in [1.29, 1.82) is 0 Å². The number of piperazine rings is 1. The zero-order valence-electron chi connectivity index (χ0n) is 13.3. The Bertz CT molecular complexity index is 400. The molecule has 1 fully saturated rings. The van der Waals surface area contributed by atoms with Crippen LogP contribution in [-0.2, 0) is 13.1 Å². The van der Waals surface area contributed by atoms with Crippen LogP contribution in [-0.4, -0.2) is 70.1 Å². The molecule has 2 rings (SSSR count). The van der Waals surface area contributed by atoms with Crippen molar-refractivity contribution >= 4 is 0 Å². The summed E-state index contributed by atoms with van der Waals surface area (Å²) in [6.07, 6.45) is 2.05. The van der Waals surface area contributed by atoms with Gasteiger partial charge in [-0.3, -0.25) is 9.58 Å². The standard InChI is InChI=1S/C14H28N6/c1-14(2,3)15-11-13-12-20(17-16-13)10-9-19-7-5-18(4)6-8-19/h12,15H,5-11H2,1-4H3. The van der Waals surface area contributed by atoms with Gasteiger partial charge in [-0.1, -0.05) is 5.21 Å². The van der Waals surface area contributed by atoms with Gasteiger partial charge in [0.25, 0.3) is 0 Å². The highest BCUT2D eigenvalue weighted by Gasteiger charge is 2.14. The van der Waals surface area contributed by atoms with Crippen LogP contribution in [0.2, 0.25) is 0 Å². The number of hydrogen-bond acceptors (Lipinski definition) is 5. The molecule has 2 heterocycles. The second kappa shape index (κ2) is 6.65. The van der Waals surface area contributed by atoms with E-state index in [4.69, 9.17) is 0 Å². The molecular weight excluding hydrogens is 252 g/mol. The topological polar surface area (TPSA) is 49.2 Å². The molecule has 0 spiro atoms. The summed E-state index contributed by atoms with van der Waals surface area (Å²) >= 11 is 0. The van der Waals surface area contributed by atoms with E-state index in [0.29, 0.717) is 0 Å². The lowest BCUT2D eigenvalue weighted by Gasteiger charge is -2.32. The quantitative estimate of drug-likeness (QED) is 0.847. The highest BCUT2D eigenvalue weighted by Crippen LogP contribution is 2.03. The zero-order valence-corrected chi connectivity index (χ0v) is 13.3. The first kappa shape index (κ1) is 15.4. The number of likely N-dealkylation sites (N-methyl/N-ethyl adjacent to an activating group) is 1. The smallest absolute Gasteiger partial charge is 0.0965 e. The molecule has 0 atom stereocenters. The molecule has 20 heavy (non-hydrogen) atoms. The number of hydrogen-bond donors (Lipinski definition) is 1. The molecule has 0 bridgehead atoms. The van der Waals surface area contributed by atoms with Gasteiger partial charge >= 0.3 is 0 Å². The number of aromatic nitrogens is 3. The first-order valence-corrected chi connectivity index (χ1v) is 7.47. The SMILES string of the molecule is CN1CCN(CCn2cc(CNC(C)(C)C)nn2)CC1. The van der Waals surface area contributed by atoms with Gasteiger partial charge in [0.05, 0.1) is 12.2 Å². The number of nitrogens with zero attached hydrogens (tertiary/aromatic N) is 5. The summed E-state index contributed by atoms with van der Waals surface area (Å²) in [5.74, 6) is 0. The number of nitrogens with one attached hydrogen (secondary N) is 1. The third-order valence-electron chi connectivity index (χ3n) is 3.63. The molecule has 0 aliphatic carbocycles. The average Bonchev–Trinajstić information content (AvgIpc) is 2.83. The van der Waals surface area contributed by atoms with Gasteiger partial charge in [-0.15, -0.1) is 5.10 Å². The molecule has 0 aromatic carbocycles. The van der Waals surface area contributed by atoms with Gasteiger partial charge in [0.15, 0.2) is 0 Å². The minimum absolute atomic E-state index is 0.115. The van der Waals surface area contributed by atoms with Crippen molar-refractivity contribution in [1.82, 2.24) is 30.1 Å². The van der Waals surface area contributed by atoms with E-state index in [1.54, 1.807) is 0 Å². The molecule has 6 nitrogen and oxygen atoms in total. The zero-order chi connectivity index (χ0) is 14.6. The van der Waals surface area contributed by atoms with Crippen molar-refractivity contribution in [2.24, 2.45) is 0 Å². The second-order valence-electron chi connectivity index (χ2n) is 6.72. The molecule has 0 saturated carbocycles. The fraction of sp³-hybridized carbons (Fsp3) is 0.857. The maximum absolute atomic E-state index is 4.22. The van der Waals surface area contributed by atoms with Crippen molar-refractivity contribution in [3.63, 3.8) is 0 Å². The van der Waals surface area contributed by atoms with Gasteiger partial charge in [-0.05, 0) is 27.8 Å². The average molecular weight is 280 g/mol. The van der Waals surface area contributed by atoms with Crippen molar-refractivity contribution in [2.75, 3.05) is 39.8 Å². The molecule has 0 radical (unpaired) electrons. The van der Waals surface area contributed by atoms with Crippen LogP contribution >= 0.6 is 0 Å². The van der Waals surface area contributed by atoms with Gasteiger partial charge in [0.2, 0.25) is 0 Å². The monoisotopic (exact) mass is 280 g/mol. The summed E-state index contributed by atoms with van der Waals surface area (Å²) in [4.78, 5) is 4.87. The summed E-state index contributed by atoms with van der Waals surface area (Å²) in [6.45, 7) is 13.9. The summed E-state index contributed by atoms with van der Waals surface area (Å²) in [5.41, 5.74) is 1.13. The molecule has 1 aromatic rings. The molecule has 1 aromatic heterocycles. The molecule has 1 aliphatic heterocycles. The van der Waals surface area contributed by atoms with E-state index < -0.39 is 0 Å². The lowest BCUT2D eigenvalue weighted by atomic mass is 10.1. The summed E-state index contributed by atoms with van der Waals surface area (Å²) in [7, 11) is 2.18. The third-order valence-corrected chi connectivity index (χ3v) is 3.63. The van der Waals surface area contributed by atoms with Crippen LogP contribution in [0.3, 0.4) is 0 Å². The van der Waals surface area contributed by atoms with Gasteiger partial charge < -0.3 is 10.2 Å². The predicted octanol–water partition coefficient (Wildman–Crippen LogP) is 0.414. The van der Waals surface area contributed by atoms with Crippen molar-refractivity contribution in [2.45, 2.75) is 39.4 Å². The van der Waals surface area contributed by atoms with E-state index >= 15 is 0 Å².